The van der Waals surface area contributed by atoms with Crippen molar-refractivity contribution in [3.63, 3.8) is 0 Å². The Kier molecular flexibility index (Phi) is 4.02. The standard InChI is InChI=1S/CHF2OS2/c2-5-1(4)6-3/h1H. The van der Waals surface area contributed by atoms with Crippen molar-refractivity contribution in [1.29, 1.82) is 0 Å². The summed E-state index contributed by atoms with van der Waals surface area (Å²) in [6.07, 6.45) is 0. The lowest BCUT2D eigenvalue weighted by atomic mass is 11.7. The fourth-order valence-corrected chi connectivity index (χ4v) is 0.124. The maximum Gasteiger partial charge on any atom is 0.244 e. The maximum absolute atomic E-state index is 10.7. The molecule has 0 aliphatic rings. The van der Waals surface area contributed by atoms with Crippen molar-refractivity contribution in [1.82, 2.24) is 0 Å². The Hall–Kier alpha value is 0.520. The summed E-state index contributed by atoms with van der Waals surface area (Å²) in [5.74, 6) is 0. The zero-order valence-electron chi connectivity index (χ0n) is 2.56. The van der Waals surface area contributed by atoms with E-state index in [1.165, 1.54) is 0 Å². The molecule has 0 spiro atoms. The predicted octanol–water partition coefficient (Wildman–Crippen LogP) is 1.94. The van der Waals surface area contributed by atoms with Crippen LogP contribution in [-0.2, 0) is 5.11 Å². The molecule has 1 nitrogen and oxygen atoms in total. The molecular weight excluding hydrogens is 130 g/mol. The second-order valence-corrected chi connectivity index (χ2v) is 1.98. The summed E-state index contributed by atoms with van der Waals surface area (Å²) >= 11 is -1.09. The van der Waals surface area contributed by atoms with Crippen LogP contribution >= 0.6 is 24.3 Å². The van der Waals surface area contributed by atoms with E-state index in [1.807, 2.05) is 0 Å². The largest absolute Gasteiger partial charge is 0.244 e. The minimum absolute atomic E-state index is 0.543. The zero-order valence-corrected chi connectivity index (χ0v) is 4.19. The summed E-state index contributed by atoms with van der Waals surface area (Å²) in [5, 5.41) is 9.44. The van der Waals surface area contributed by atoms with Crippen LogP contribution < -0.4 is 0 Å². The van der Waals surface area contributed by atoms with Gasteiger partial charge in [-0.1, -0.05) is 0 Å². The van der Waals surface area contributed by atoms with Crippen molar-refractivity contribution >= 4 is 24.3 Å². The normalized spacial score (nSPS) is 10.0. The van der Waals surface area contributed by atoms with Gasteiger partial charge in [0.05, 0.1) is 24.3 Å². The van der Waals surface area contributed by atoms with Crippen molar-refractivity contribution in [2.45, 2.75) is 4.77 Å². The topological polar surface area (TPSA) is 19.9 Å². The van der Waals surface area contributed by atoms with Gasteiger partial charge in [-0.05, 0) is 0 Å². The molecule has 0 saturated carbocycles. The monoisotopic (exact) mass is 131 g/mol. The zero-order chi connectivity index (χ0) is 4.99. The molecule has 0 aromatic rings. The van der Waals surface area contributed by atoms with Gasteiger partial charge >= 0.3 is 0 Å². The second kappa shape index (κ2) is 3.70. The van der Waals surface area contributed by atoms with Gasteiger partial charge in [-0.2, -0.15) is 7.77 Å². The second-order valence-electron chi connectivity index (χ2n) is 0.467. The maximum atomic E-state index is 10.7. The molecule has 0 amide bonds. The number of halogens is 2. The van der Waals surface area contributed by atoms with Crippen LogP contribution in [0.4, 0.5) is 7.77 Å². The summed E-state index contributed by atoms with van der Waals surface area (Å²) < 4.78 is 19.6. The van der Waals surface area contributed by atoms with E-state index in [2.05, 4.69) is 0 Å². The molecule has 0 N–H and O–H groups in total. The van der Waals surface area contributed by atoms with E-state index in [-0.39, 0.29) is 0 Å². The van der Waals surface area contributed by atoms with Crippen molar-refractivity contribution < 1.29 is 12.9 Å². The van der Waals surface area contributed by atoms with Crippen LogP contribution in [0.3, 0.4) is 0 Å². The fraction of sp³-hybridized carbons (Fsp3) is 1.00. The smallest absolute Gasteiger partial charge is 0.203 e. The Bertz CT molecular complexity index is 30.7. The van der Waals surface area contributed by atoms with E-state index < -0.39 is 29.1 Å². The highest BCUT2D eigenvalue weighted by Gasteiger charge is 2.04. The molecule has 0 aromatic heterocycles. The van der Waals surface area contributed by atoms with E-state index in [1.54, 1.807) is 0 Å². The first-order valence-corrected chi connectivity index (χ1v) is 2.58. The van der Waals surface area contributed by atoms with Gasteiger partial charge in [-0.25, -0.2) is 5.11 Å². The van der Waals surface area contributed by atoms with Crippen molar-refractivity contribution in [2.24, 2.45) is 0 Å². The van der Waals surface area contributed by atoms with Crippen molar-refractivity contribution in [3.05, 3.63) is 0 Å². The van der Waals surface area contributed by atoms with Gasteiger partial charge < -0.3 is 0 Å². The van der Waals surface area contributed by atoms with Crippen LogP contribution in [-0.4, -0.2) is 4.77 Å². The molecule has 0 aliphatic heterocycles. The lowest BCUT2D eigenvalue weighted by molar-refractivity contribution is 0.228. The Morgan fingerprint density at radius 2 is 1.67 bits per heavy atom. The van der Waals surface area contributed by atoms with Crippen LogP contribution in [0, 0.1) is 0 Å². The van der Waals surface area contributed by atoms with Crippen LogP contribution in [0.25, 0.3) is 0 Å². The predicted molar refractivity (Wildman–Crippen MR) is 21.9 cm³/mol. The van der Waals surface area contributed by atoms with Gasteiger partial charge in [0.2, 0.25) is 4.77 Å². The summed E-state index contributed by atoms with van der Waals surface area (Å²) in [7, 11) is 0. The molecule has 0 saturated heterocycles. The molecule has 37 valence electrons. The third kappa shape index (κ3) is 2.74. The Morgan fingerprint density at radius 1 is 1.33 bits per heavy atom. The van der Waals surface area contributed by atoms with Crippen LogP contribution in [0.1, 0.15) is 0 Å². The average Bonchev–Trinajstić information content (AvgIpc) is 1.65. The Morgan fingerprint density at radius 3 is 1.67 bits per heavy atom. The quantitative estimate of drug-likeness (QED) is 0.533. The first-order chi connectivity index (χ1) is 2.81. The summed E-state index contributed by atoms with van der Waals surface area (Å²) in [6, 6.07) is 0. The third-order valence-electron chi connectivity index (χ3n) is 0.145. The summed E-state index contributed by atoms with van der Waals surface area (Å²) in [5.41, 5.74) is 0. The van der Waals surface area contributed by atoms with E-state index in [4.69, 9.17) is 0 Å². The van der Waals surface area contributed by atoms with Gasteiger partial charge in [0, 0.05) is 0 Å². The SMILES string of the molecule is [O]C(SF)SF. The van der Waals surface area contributed by atoms with Crippen LogP contribution in [0.2, 0.25) is 0 Å². The molecule has 0 unspecified atom stereocenters. The molecule has 0 heterocycles. The minimum atomic E-state index is -1.81. The summed E-state index contributed by atoms with van der Waals surface area (Å²) in [6.45, 7) is 0. The molecule has 0 rings (SSSR count). The Labute approximate surface area is 42.7 Å². The number of hydrogen-bond acceptors (Lipinski definition) is 2. The first kappa shape index (κ1) is 6.52. The average molecular weight is 131 g/mol. The molecule has 6 heavy (non-hydrogen) atoms. The Balaban J connectivity index is 2.75. The van der Waals surface area contributed by atoms with E-state index in [9.17, 15) is 12.9 Å². The third-order valence-corrected chi connectivity index (χ3v) is 0.873. The minimum Gasteiger partial charge on any atom is -0.203 e. The molecule has 0 aliphatic carbocycles. The first-order valence-electron chi connectivity index (χ1n) is 1.02. The molecule has 0 fully saturated rings. The summed E-state index contributed by atoms with van der Waals surface area (Å²) in [4.78, 5) is 0. The van der Waals surface area contributed by atoms with E-state index in [0.717, 1.165) is 0 Å². The molecular formula is CHF2OS2. The lowest BCUT2D eigenvalue weighted by Crippen LogP contribution is -1.80. The van der Waals surface area contributed by atoms with Gasteiger partial charge in [-0.15, -0.1) is 0 Å². The van der Waals surface area contributed by atoms with E-state index in [0.29, 0.717) is 0 Å². The molecule has 0 bridgehead atoms. The highest BCUT2D eigenvalue weighted by molar-refractivity contribution is 8.12. The molecule has 0 atom stereocenters. The van der Waals surface area contributed by atoms with Gasteiger partial charge in [0.15, 0.2) is 0 Å². The molecule has 1 radical (unpaired) electrons. The van der Waals surface area contributed by atoms with Gasteiger partial charge in [-0.3, -0.25) is 0 Å². The molecule has 5 heteroatoms. The van der Waals surface area contributed by atoms with Crippen LogP contribution in [0.15, 0.2) is 0 Å². The number of hydrogen-bond donors (Lipinski definition) is 0. The van der Waals surface area contributed by atoms with E-state index >= 15 is 0 Å². The molecule has 0 aromatic carbocycles. The van der Waals surface area contributed by atoms with Gasteiger partial charge in [0.1, 0.15) is 0 Å². The lowest BCUT2D eigenvalue weighted by Gasteiger charge is -1.85. The highest BCUT2D eigenvalue weighted by atomic mass is 32.2. The highest BCUT2D eigenvalue weighted by Crippen LogP contribution is 2.21. The van der Waals surface area contributed by atoms with Gasteiger partial charge in [0.25, 0.3) is 0 Å². The fourth-order valence-electron chi connectivity index (χ4n) is 0.0137. The van der Waals surface area contributed by atoms with Crippen molar-refractivity contribution in [2.75, 3.05) is 0 Å². The van der Waals surface area contributed by atoms with Crippen molar-refractivity contribution in [3.8, 4) is 0 Å². The number of rotatable bonds is 2. The van der Waals surface area contributed by atoms with Crippen LogP contribution in [0.5, 0.6) is 0 Å².